The summed E-state index contributed by atoms with van der Waals surface area (Å²) in [6, 6.07) is 8.36. The molecule has 106 valence electrons. The van der Waals surface area contributed by atoms with Crippen molar-refractivity contribution in [2.24, 2.45) is 0 Å². The number of nitrogens with one attached hydrogen (secondary N) is 1. The van der Waals surface area contributed by atoms with Gasteiger partial charge in [0.2, 0.25) is 10.0 Å². The first-order valence-electron chi connectivity index (χ1n) is 6.30. The molecule has 0 saturated heterocycles. The molecule has 0 spiro atoms. The molecule has 0 heterocycles. The van der Waals surface area contributed by atoms with Crippen molar-refractivity contribution in [1.29, 1.82) is 10.5 Å². The second-order valence-electron chi connectivity index (χ2n) is 4.60. The highest BCUT2D eigenvalue weighted by Gasteiger charge is 2.32. The van der Waals surface area contributed by atoms with Gasteiger partial charge in [-0.25, -0.2) is 8.42 Å². The van der Waals surface area contributed by atoms with Crippen LogP contribution in [0.5, 0.6) is 0 Å². The van der Waals surface area contributed by atoms with Gasteiger partial charge in [0, 0.05) is 0 Å². The number of hydrogen-bond donors (Lipinski definition) is 1. The zero-order valence-electron chi connectivity index (χ0n) is 11.8. The van der Waals surface area contributed by atoms with E-state index in [1.165, 1.54) is 18.2 Å². The Hall–Kier alpha value is -1.89. The Bertz CT molecular complexity index is 677. The molecule has 0 bridgehead atoms. The maximum atomic E-state index is 12.4. The molecular formula is C14H17N3O2S. The van der Waals surface area contributed by atoms with E-state index in [0.29, 0.717) is 24.0 Å². The minimum absolute atomic E-state index is 0.0954. The molecule has 0 saturated carbocycles. The molecule has 0 aliphatic carbocycles. The Labute approximate surface area is 119 Å². The largest absolute Gasteiger partial charge is 0.242 e. The molecule has 1 rings (SSSR count). The van der Waals surface area contributed by atoms with Gasteiger partial charge in [0.1, 0.15) is 5.54 Å². The van der Waals surface area contributed by atoms with E-state index < -0.39 is 15.6 Å². The van der Waals surface area contributed by atoms with Gasteiger partial charge < -0.3 is 0 Å². The first kappa shape index (κ1) is 16.2. The molecule has 0 amide bonds. The summed E-state index contributed by atoms with van der Waals surface area (Å²) in [7, 11) is -3.79. The van der Waals surface area contributed by atoms with Crippen LogP contribution in [-0.4, -0.2) is 14.0 Å². The van der Waals surface area contributed by atoms with E-state index in [0.717, 1.165) is 0 Å². The first-order valence-corrected chi connectivity index (χ1v) is 7.78. The summed E-state index contributed by atoms with van der Waals surface area (Å²) < 4.78 is 27.3. The maximum Gasteiger partial charge on any atom is 0.242 e. The summed E-state index contributed by atoms with van der Waals surface area (Å²) >= 11 is 0. The lowest BCUT2D eigenvalue weighted by Crippen LogP contribution is -2.46. The topological polar surface area (TPSA) is 93.8 Å². The fourth-order valence-corrected chi connectivity index (χ4v) is 3.60. The summed E-state index contributed by atoms with van der Waals surface area (Å²) in [5, 5.41) is 18.0. The highest BCUT2D eigenvalue weighted by molar-refractivity contribution is 7.89. The van der Waals surface area contributed by atoms with Crippen LogP contribution in [0.3, 0.4) is 0 Å². The second-order valence-corrected chi connectivity index (χ2v) is 6.25. The van der Waals surface area contributed by atoms with Gasteiger partial charge in [-0.05, 0) is 43.5 Å². The van der Waals surface area contributed by atoms with Crippen LogP contribution in [0.25, 0.3) is 0 Å². The van der Waals surface area contributed by atoms with E-state index in [1.54, 1.807) is 20.8 Å². The van der Waals surface area contributed by atoms with Crippen molar-refractivity contribution in [3.05, 3.63) is 29.3 Å². The molecule has 1 aromatic rings. The summed E-state index contributed by atoms with van der Waals surface area (Å²) in [6.45, 7) is 5.16. The highest BCUT2D eigenvalue weighted by Crippen LogP contribution is 2.21. The molecule has 0 atom stereocenters. The molecule has 6 heteroatoms. The van der Waals surface area contributed by atoms with Crippen LogP contribution in [0.2, 0.25) is 0 Å². The van der Waals surface area contributed by atoms with Crippen LogP contribution >= 0.6 is 0 Å². The Kier molecular flexibility index (Phi) is 4.88. The van der Waals surface area contributed by atoms with Crippen LogP contribution in [-0.2, 0) is 10.0 Å². The Morgan fingerprint density at radius 2 is 1.85 bits per heavy atom. The number of aryl methyl sites for hydroxylation is 1. The molecule has 0 unspecified atom stereocenters. The van der Waals surface area contributed by atoms with Crippen molar-refractivity contribution in [3.8, 4) is 12.1 Å². The summed E-state index contributed by atoms with van der Waals surface area (Å²) in [5.41, 5.74) is -0.214. The van der Waals surface area contributed by atoms with Crippen molar-refractivity contribution in [3.63, 3.8) is 0 Å². The zero-order valence-corrected chi connectivity index (χ0v) is 12.6. The molecule has 0 aromatic heterocycles. The van der Waals surface area contributed by atoms with Crippen molar-refractivity contribution in [2.75, 3.05) is 0 Å². The molecule has 0 fully saturated rings. The first-order chi connectivity index (χ1) is 9.34. The highest BCUT2D eigenvalue weighted by atomic mass is 32.2. The molecule has 0 radical (unpaired) electrons. The SMILES string of the molecule is CCC(C#N)(CC)NS(=O)(=O)c1ccc(C#N)cc1C. The Morgan fingerprint density at radius 1 is 1.25 bits per heavy atom. The predicted octanol–water partition coefficient (Wildman–Crippen LogP) is 2.23. The molecular weight excluding hydrogens is 274 g/mol. The van der Waals surface area contributed by atoms with E-state index in [9.17, 15) is 13.7 Å². The molecule has 0 aliphatic rings. The molecule has 5 nitrogen and oxygen atoms in total. The number of nitrogens with zero attached hydrogens (tertiary/aromatic N) is 2. The minimum atomic E-state index is -3.79. The average molecular weight is 291 g/mol. The zero-order chi connectivity index (χ0) is 15.4. The lowest BCUT2D eigenvalue weighted by Gasteiger charge is -2.25. The third kappa shape index (κ3) is 3.16. The van der Waals surface area contributed by atoms with Gasteiger partial charge in [-0.3, -0.25) is 0 Å². The molecule has 0 aliphatic heterocycles. The van der Waals surface area contributed by atoms with Crippen LogP contribution < -0.4 is 4.72 Å². The van der Waals surface area contributed by atoms with Crippen LogP contribution in [0.15, 0.2) is 23.1 Å². The minimum Gasteiger partial charge on any atom is -0.207 e. The van der Waals surface area contributed by atoms with E-state index in [1.807, 2.05) is 12.1 Å². The van der Waals surface area contributed by atoms with Gasteiger partial charge in [-0.15, -0.1) is 0 Å². The lowest BCUT2D eigenvalue weighted by atomic mass is 9.97. The fourth-order valence-electron chi connectivity index (χ4n) is 1.91. The summed E-state index contributed by atoms with van der Waals surface area (Å²) in [4.78, 5) is 0.0954. The van der Waals surface area contributed by atoms with E-state index in [-0.39, 0.29) is 4.90 Å². The lowest BCUT2D eigenvalue weighted by molar-refractivity contribution is 0.446. The normalized spacial score (nSPS) is 11.7. The number of benzene rings is 1. The van der Waals surface area contributed by atoms with Gasteiger partial charge in [-0.1, -0.05) is 13.8 Å². The fraction of sp³-hybridized carbons (Fsp3) is 0.429. The van der Waals surface area contributed by atoms with E-state index in [4.69, 9.17) is 5.26 Å². The van der Waals surface area contributed by atoms with Gasteiger partial charge in [0.15, 0.2) is 0 Å². The third-order valence-electron chi connectivity index (χ3n) is 3.34. The van der Waals surface area contributed by atoms with Crippen LogP contribution in [0, 0.1) is 29.6 Å². The van der Waals surface area contributed by atoms with Gasteiger partial charge >= 0.3 is 0 Å². The van der Waals surface area contributed by atoms with Crippen LogP contribution in [0.4, 0.5) is 0 Å². The van der Waals surface area contributed by atoms with Crippen molar-refractivity contribution >= 4 is 10.0 Å². The number of nitriles is 2. The monoisotopic (exact) mass is 291 g/mol. The van der Waals surface area contributed by atoms with E-state index >= 15 is 0 Å². The van der Waals surface area contributed by atoms with Gasteiger partial charge in [0.05, 0.1) is 22.6 Å². The molecule has 1 N–H and O–H groups in total. The summed E-state index contributed by atoms with van der Waals surface area (Å²) in [6.07, 6.45) is 0.767. The van der Waals surface area contributed by atoms with Gasteiger partial charge in [0.25, 0.3) is 0 Å². The van der Waals surface area contributed by atoms with Crippen molar-refractivity contribution in [1.82, 2.24) is 4.72 Å². The summed E-state index contributed by atoms with van der Waals surface area (Å²) in [5.74, 6) is 0. The maximum absolute atomic E-state index is 12.4. The molecule has 20 heavy (non-hydrogen) atoms. The number of sulfonamides is 1. The second kappa shape index (κ2) is 6.04. The quantitative estimate of drug-likeness (QED) is 0.900. The van der Waals surface area contributed by atoms with Crippen molar-refractivity contribution in [2.45, 2.75) is 44.0 Å². The predicted molar refractivity (Wildman–Crippen MR) is 75.1 cm³/mol. The molecule has 1 aromatic carbocycles. The Morgan fingerprint density at radius 3 is 2.25 bits per heavy atom. The van der Waals surface area contributed by atoms with E-state index in [2.05, 4.69) is 4.72 Å². The average Bonchev–Trinajstić information content (AvgIpc) is 2.44. The number of rotatable bonds is 5. The van der Waals surface area contributed by atoms with Gasteiger partial charge in [-0.2, -0.15) is 15.2 Å². The number of hydrogen-bond acceptors (Lipinski definition) is 4. The third-order valence-corrected chi connectivity index (χ3v) is 5.04. The Balaban J connectivity index is 3.26. The van der Waals surface area contributed by atoms with Crippen molar-refractivity contribution < 1.29 is 8.42 Å². The van der Waals surface area contributed by atoms with Crippen LogP contribution in [0.1, 0.15) is 37.8 Å². The smallest absolute Gasteiger partial charge is 0.207 e. The standard InChI is InChI=1S/C14H17N3O2S/c1-4-14(5-2,10-16)17-20(18,19)13-7-6-12(9-15)8-11(13)3/h6-8,17H,4-5H2,1-3H3.